The van der Waals surface area contributed by atoms with Gasteiger partial charge in [0.05, 0.1) is 16.3 Å². The van der Waals surface area contributed by atoms with Crippen LogP contribution in [0.15, 0.2) is 27.8 Å². The molecule has 1 saturated heterocycles. The predicted octanol–water partition coefficient (Wildman–Crippen LogP) is 4.26. The Morgan fingerprint density at radius 1 is 1.35 bits per heavy atom. The monoisotopic (exact) mass is 572 g/mol. The van der Waals surface area contributed by atoms with Crippen molar-refractivity contribution in [3.63, 3.8) is 0 Å². The Bertz CT molecular complexity index is 892. The second kappa shape index (κ2) is 11.2. The highest BCUT2D eigenvalue weighted by Crippen LogP contribution is 2.34. The number of alkyl halides is 3. The van der Waals surface area contributed by atoms with E-state index in [-0.39, 0.29) is 35.0 Å². The number of aryl methyl sites for hydroxylation is 1. The smallest absolute Gasteiger partial charge is 0.359 e. The van der Waals surface area contributed by atoms with E-state index in [1.807, 2.05) is 24.8 Å². The second-order valence-corrected chi connectivity index (χ2v) is 7.34. The molecule has 2 N–H and O–H groups in total. The van der Waals surface area contributed by atoms with Gasteiger partial charge in [-0.15, -0.1) is 24.0 Å². The fourth-order valence-electron chi connectivity index (χ4n) is 3.16. The first-order valence-electron chi connectivity index (χ1n) is 9.77. The zero-order valence-electron chi connectivity index (χ0n) is 17.2. The fraction of sp³-hybridized carbons (Fsp3) is 0.526. The lowest BCUT2D eigenvalue weighted by molar-refractivity contribution is -0.137. The van der Waals surface area contributed by atoms with Gasteiger partial charge in [0.1, 0.15) is 12.4 Å². The summed E-state index contributed by atoms with van der Waals surface area (Å²) in [7, 11) is 0. The number of guanidine groups is 1. The minimum atomic E-state index is -4.47. The molecule has 0 aromatic carbocycles. The first kappa shape index (κ1) is 25.5. The third kappa shape index (κ3) is 6.86. The third-order valence-corrected chi connectivity index (χ3v) is 4.96. The molecule has 0 bridgehead atoms. The molecule has 1 aliphatic rings. The van der Waals surface area contributed by atoms with Crippen LogP contribution in [0.1, 0.15) is 37.3 Å². The summed E-state index contributed by atoms with van der Waals surface area (Å²) in [5.41, 5.74) is 0.0239. The Balaban J connectivity index is 0.00000341. The number of aliphatic imine (C=N–C) groups is 1. The van der Waals surface area contributed by atoms with Gasteiger partial charge in [-0.25, -0.2) is 9.98 Å². The van der Waals surface area contributed by atoms with E-state index in [4.69, 9.17) is 16.1 Å². The van der Waals surface area contributed by atoms with Crippen molar-refractivity contribution in [2.24, 2.45) is 4.99 Å². The van der Waals surface area contributed by atoms with Crippen LogP contribution in [0.5, 0.6) is 0 Å². The molecule has 3 heterocycles. The molecule has 1 unspecified atom stereocenters. The number of aromatic nitrogens is 2. The van der Waals surface area contributed by atoms with Crippen molar-refractivity contribution >= 4 is 47.4 Å². The molecule has 0 spiro atoms. The minimum absolute atomic E-state index is 0. The van der Waals surface area contributed by atoms with E-state index in [1.54, 1.807) is 0 Å². The van der Waals surface area contributed by atoms with Crippen LogP contribution in [-0.4, -0.2) is 41.8 Å². The van der Waals surface area contributed by atoms with E-state index in [9.17, 15) is 13.2 Å². The molecule has 7 nitrogen and oxygen atoms in total. The first-order chi connectivity index (χ1) is 14.3. The van der Waals surface area contributed by atoms with Gasteiger partial charge in [0.25, 0.3) is 0 Å². The number of nitrogens with one attached hydrogen (secondary N) is 2. The lowest BCUT2D eigenvalue weighted by Crippen LogP contribution is -2.44. The fourth-order valence-corrected chi connectivity index (χ4v) is 3.44. The second-order valence-electron chi connectivity index (χ2n) is 6.94. The molecule has 172 valence electrons. The highest BCUT2D eigenvalue weighted by atomic mass is 127. The van der Waals surface area contributed by atoms with Gasteiger partial charge in [0, 0.05) is 37.9 Å². The van der Waals surface area contributed by atoms with Crippen LogP contribution in [0.4, 0.5) is 19.0 Å². The molecule has 0 saturated carbocycles. The molecule has 2 aromatic heterocycles. The molecule has 12 heteroatoms. The van der Waals surface area contributed by atoms with Crippen molar-refractivity contribution in [3.8, 4) is 0 Å². The maximum absolute atomic E-state index is 12.8. The Morgan fingerprint density at radius 3 is 2.74 bits per heavy atom. The standard InChI is InChI=1S/C19H24ClF3N6O.HI/c1-3-13-8-15(30-28-13)10-26-18(24-4-2)27-14-5-6-29(11-14)17-16(20)7-12(9-25-17)19(21,22)23;/h7-9,14H,3-6,10-11H2,1-2H3,(H2,24,26,27);1H. The number of anilines is 1. The van der Waals surface area contributed by atoms with Gasteiger partial charge in [-0.2, -0.15) is 13.2 Å². The summed E-state index contributed by atoms with van der Waals surface area (Å²) in [5, 5.41) is 10.5. The average Bonchev–Trinajstić information content (AvgIpc) is 3.35. The van der Waals surface area contributed by atoms with E-state index in [1.165, 1.54) is 0 Å². The Morgan fingerprint density at radius 2 is 2.13 bits per heavy atom. The van der Waals surface area contributed by atoms with Gasteiger partial charge < -0.3 is 20.1 Å². The molecule has 1 atom stereocenters. The number of hydrogen-bond donors (Lipinski definition) is 2. The van der Waals surface area contributed by atoms with Crippen molar-refractivity contribution in [1.82, 2.24) is 20.8 Å². The highest BCUT2D eigenvalue weighted by molar-refractivity contribution is 14.0. The number of nitrogens with zero attached hydrogens (tertiary/aromatic N) is 4. The van der Waals surface area contributed by atoms with Gasteiger partial charge in [0.15, 0.2) is 11.7 Å². The Labute approximate surface area is 200 Å². The summed E-state index contributed by atoms with van der Waals surface area (Å²) < 4.78 is 43.7. The van der Waals surface area contributed by atoms with Crippen molar-refractivity contribution < 1.29 is 17.7 Å². The van der Waals surface area contributed by atoms with Crippen LogP contribution < -0.4 is 15.5 Å². The minimum Gasteiger partial charge on any atom is -0.359 e. The molecule has 1 aliphatic heterocycles. The van der Waals surface area contributed by atoms with E-state index in [0.29, 0.717) is 43.7 Å². The van der Waals surface area contributed by atoms with E-state index in [2.05, 4.69) is 25.8 Å². The van der Waals surface area contributed by atoms with Crippen molar-refractivity contribution in [2.75, 3.05) is 24.5 Å². The van der Waals surface area contributed by atoms with Crippen LogP contribution in [0, 0.1) is 0 Å². The molecule has 0 radical (unpaired) electrons. The molecular formula is C19H25ClF3IN6O. The maximum Gasteiger partial charge on any atom is 0.417 e. The summed E-state index contributed by atoms with van der Waals surface area (Å²) in [4.78, 5) is 10.3. The van der Waals surface area contributed by atoms with E-state index < -0.39 is 11.7 Å². The van der Waals surface area contributed by atoms with Crippen molar-refractivity contribution in [3.05, 3.63) is 40.4 Å². The normalized spacial score (nSPS) is 16.9. The lowest BCUT2D eigenvalue weighted by Gasteiger charge is -2.21. The summed E-state index contributed by atoms with van der Waals surface area (Å²) in [5.74, 6) is 1.66. The highest BCUT2D eigenvalue weighted by Gasteiger charge is 2.33. The zero-order valence-corrected chi connectivity index (χ0v) is 20.3. The van der Waals surface area contributed by atoms with E-state index >= 15 is 0 Å². The van der Waals surface area contributed by atoms with E-state index in [0.717, 1.165) is 30.8 Å². The summed E-state index contributed by atoms with van der Waals surface area (Å²) in [6.07, 6.45) is -2.09. The Kier molecular flexibility index (Phi) is 9.22. The topological polar surface area (TPSA) is 78.6 Å². The quantitative estimate of drug-likeness (QED) is 0.306. The van der Waals surface area contributed by atoms with Gasteiger partial charge in [0.2, 0.25) is 0 Å². The lowest BCUT2D eigenvalue weighted by atomic mass is 10.2. The van der Waals surface area contributed by atoms with Crippen LogP contribution in [0.25, 0.3) is 0 Å². The van der Waals surface area contributed by atoms with Gasteiger partial charge in [-0.3, -0.25) is 0 Å². The predicted molar refractivity (Wildman–Crippen MR) is 124 cm³/mol. The molecule has 1 fully saturated rings. The molecule has 0 amide bonds. The molecule has 31 heavy (non-hydrogen) atoms. The number of halogens is 5. The van der Waals surface area contributed by atoms with Crippen LogP contribution >= 0.6 is 35.6 Å². The maximum atomic E-state index is 12.8. The number of hydrogen-bond acceptors (Lipinski definition) is 5. The van der Waals surface area contributed by atoms with Crippen LogP contribution in [0.2, 0.25) is 5.02 Å². The zero-order chi connectivity index (χ0) is 21.7. The average molecular weight is 573 g/mol. The SMILES string of the molecule is CCNC(=NCc1cc(CC)no1)NC1CCN(c2ncc(C(F)(F)F)cc2Cl)C1.I. The first-order valence-corrected chi connectivity index (χ1v) is 10.1. The van der Waals surface area contributed by atoms with Crippen molar-refractivity contribution in [2.45, 2.75) is 45.5 Å². The summed E-state index contributed by atoms with van der Waals surface area (Å²) in [6.45, 7) is 6.17. The summed E-state index contributed by atoms with van der Waals surface area (Å²) >= 11 is 6.07. The molecular weight excluding hydrogens is 548 g/mol. The van der Waals surface area contributed by atoms with Gasteiger partial charge in [-0.1, -0.05) is 23.7 Å². The number of rotatable bonds is 6. The molecule has 0 aliphatic carbocycles. The number of pyridine rings is 1. The largest absolute Gasteiger partial charge is 0.417 e. The Hall–Kier alpha value is -1.76. The third-order valence-electron chi connectivity index (χ3n) is 4.68. The van der Waals surface area contributed by atoms with Crippen LogP contribution in [-0.2, 0) is 19.1 Å². The molecule has 3 rings (SSSR count). The molecule has 2 aromatic rings. The van der Waals surface area contributed by atoms with Gasteiger partial charge in [-0.05, 0) is 25.8 Å². The summed E-state index contributed by atoms with van der Waals surface area (Å²) in [6, 6.07) is 2.84. The van der Waals surface area contributed by atoms with Gasteiger partial charge >= 0.3 is 6.18 Å². The van der Waals surface area contributed by atoms with Crippen LogP contribution in [0.3, 0.4) is 0 Å². The van der Waals surface area contributed by atoms with Crippen molar-refractivity contribution in [1.29, 1.82) is 0 Å².